The van der Waals surface area contributed by atoms with Gasteiger partial charge in [0.25, 0.3) is 0 Å². The molecule has 1 heterocycles. The zero-order chi connectivity index (χ0) is 24.9. The Balaban J connectivity index is 1.71. The van der Waals surface area contributed by atoms with Crippen molar-refractivity contribution in [2.24, 2.45) is 0 Å². The summed E-state index contributed by atoms with van der Waals surface area (Å²) in [5.74, 6) is 2.21. The Labute approximate surface area is 199 Å². The molecule has 0 N–H and O–H groups in total. The van der Waals surface area contributed by atoms with Gasteiger partial charge < -0.3 is 28.5 Å². The van der Waals surface area contributed by atoms with Crippen molar-refractivity contribution in [1.29, 1.82) is 0 Å². The maximum Gasteiger partial charge on any atom is 0.534 e. The third-order valence-corrected chi connectivity index (χ3v) is 4.15. The summed E-state index contributed by atoms with van der Waals surface area (Å²) in [5.41, 5.74) is -1.60. The van der Waals surface area contributed by atoms with Crippen LogP contribution >= 0.6 is 0 Å². The summed E-state index contributed by atoms with van der Waals surface area (Å²) in [6.45, 7) is 10.2. The SMILES string of the molecule is CC(C)(C)OC(=O)ON(CC1COc2ccc(Oc3ccccc3)cc2O1)C(=O)OC(C)(C)C. The van der Waals surface area contributed by atoms with E-state index >= 15 is 0 Å². The second-order valence-electron chi connectivity index (χ2n) is 9.67. The Bertz CT molecular complexity index is 994. The van der Waals surface area contributed by atoms with Crippen LogP contribution in [0.5, 0.6) is 23.0 Å². The molecule has 0 aliphatic carbocycles. The van der Waals surface area contributed by atoms with Crippen LogP contribution in [0.3, 0.4) is 0 Å². The number of fused-ring (bicyclic) bond motifs is 1. The molecular weight excluding hydrogens is 442 g/mol. The predicted octanol–water partition coefficient (Wildman–Crippen LogP) is 5.72. The Morgan fingerprint density at radius 2 is 1.59 bits per heavy atom. The van der Waals surface area contributed by atoms with Gasteiger partial charge in [0.2, 0.25) is 0 Å². The van der Waals surface area contributed by atoms with E-state index in [1.165, 1.54) is 0 Å². The van der Waals surface area contributed by atoms with E-state index in [1.807, 2.05) is 30.3 Å². The molecule has 1 atom stereocenters. The monoisotopic (exact) mass is 473 g/mol. The Hall–Kier alpha value is -3.62. The average molecular weight is 474 g/mol. The highest BCUT2D eigenvalue weighted by Gasteiger charge is 2.33. The quantitative estimate of drug-likeness (QED) is 0.411. The normalized spacial score (nSPS) is 15.2. The molecule has 0 aromatic heterocycles. The molecule has 1 unspecified atom stereocenters. The Morgan fingerprint density at radius 1 is 0.912 bits per heavy atom. The average Bonchev–Trinajstić information content (AvgIpc) is 2.71. The summed E-state index contributed by atoms with van der Waals surface area (Å²) in [7, 11) is 0. The fourth-order valence-corrected chi connectivity index (χ4v) is 2.88. The number of para-hydroxylation sites is 1. The van der Waals surface area contributed by atoms with Crippen molar-refractivity contribution >= 4 is 12.2 Å². The molecular formula is C25H31NO8. The van der Waals surface area contributed by atoms with Crippen molar-refractivity contribution in [2.45, 2.75) is 58.8 Å². The molecule has 1 aliphatic heterocycles. The molecule has 1 amide bonds. The first-order valence-corrected chi connectivity index (χ1v) is 11.0. The lowest BCUT2D eigenvalue weighted by atomic mass is 10.2. The van der Waals surface area contributed by atoms with Gasteiger partial charge in [-0.15, -0.1) is 5.06 Å². The fraction of sp³-hybridized carbons (Fsp3) is 0.440. The van der Waals surface area contributed by atoms with Gasteiger partial charge in [-0.2, -0.15) is 0 Å². The highest BCUT2D eigenvalue weighted by atomic mass is 16.8. The highest BCUT2D eigenvalue weighted by Crippen LogP contribution is 2.36. The smallest absolute Gasteiger partial charge is 0.486 e. The summed E-state index contributed by atoms with van der Waals surface area (Å²) in [6.07, 6.45) is -2.53. The highest BCUT2D eigenvalue weighted by molar-refractivity contribution is 5.70. The van der Waals surface area contributed by atoms with Crippen molar-refractivity contribution in [1.82, 2.24) is 5.06 Å². The number of carbonyl (C=O) groups is 2. The van der Waals surface area contributed by atoms with Gasteiger partial charge in [0.1, 0.15) is 35.9 Å². The molecule has 0 fully saturated rings. The minimum absolute atomic E-state index is 0.128. The lowest BCUT2D eigenvalue weighted by Gasteiger charge is -2.31. The number of amides is 1. The molecule has 0 saturated carbocycles. The first-order valence-electron chi connectivity index (χ1n) is 11.0. The molecule has 0 radical (unpaired) electrons. The number of rotatable bonds is 4. The third kappa shape index (κ3) is 7.75. The van der Waals surface area contributed by atoms with Crippen LogP contribution in [0.1, 0.15) is 41.5 Å². The maximum atomic E-state index is 12.7. The molecule has 9 nitrogen and oxygen atoms in total. The van der Waals surface area contributed by atoms with Crippen LogP contribution in [0, 0.1) is 0 Å². The van der Waals surface area contributed by atoms with Crippen LogP contribution in [0.25, 0.3) is 0 Å². The van der Waals surface area contributed by atoms with E-state index in [1.54, 1.807) is 59.7 Å². The van der Waals surface area contributed by atoms with Crippen molar-refractivity contribution in [3.8, 4) is 23.0 Å². The molecule has 2 aromatic rings. The van der Waals surface area contributed by atoms with Gasteiger partial charge in [-0.05, 0) is 65.8 Å². The Kier molecular flexibility index (Phi) is 7.44. The molecule has 3 rings (SSSR count). The molecule has 0 spiro atoms. The number of hydrogen-bond acceptors (Lipinski definition) is 8. The summed E-state index contributed by atoms with van der Waals surface area (Å²) < 4.78 is 28.2. The zero-order valence-electron chi connectivity index (χ0n) is 20.3. The van der Waals surface area contributed by atoms with Crippen molar-refractivity contribution in [3.05, 3.63) is 48.5 Å². The number of benzene rings is 2. The van der Waals surface area contributed by atoms with Crippen LogP contribution < -0.4 is 14.2 Å². The van der Waals surface area contributed by atoms with Gasteiger partial charge >= 0.3 is 12.2 Å². The number of hydrogen-bond donors (Lipinski definition) is 0. The van der Waals surface area contributed by atoms with Crippen LogP contribution in [-0.2, 0) is 14.3 Å². The van der Waals surface area contributed by atoms with E-state index in [0.717, 1.165) is 5.06 Å². The minimum Gasteiger partial charge on any atom is -0.486 e. The molecule has 9 heteroatoms. The minimum atomic E-state index is -1.03. The second-order valence-corrected chi connectivity index (χ2v) is 9.67. The van der Waals surface area contributed by atoms with E-state index in [4.69, 9.17) is 28.5 Å². The predicted molar refractivity (Wildman–Crippen MR) is 123 cm³/mol. The number of hydroxylamine groups is 2. The van der Waals surface area contributed by atoms with Crippen molar-refractivity contribution in [3.63, 3.8) is 0 Å². The largest absolute Gasteiger partial charge is 0.534 e. The lowest BCUT2D eigenvalue weighted by molar-refractivity contribution is -0.147. The molecule has 184 valence electrons. The number of carbonyl (C=O) groups excluding carboxylic acids is 2. The van der Waals surface area contributed by atoms with Gasteiger partial charge in [0.15, 0.2) is 17.6 Å². The maximum absolute atomic E-state index is 12.7. The van der Waals surface area contributed by atoms with Gasteiger partial charge in [-0.3, -0.25) is 0 Å². The van der Waals surface area contributed by atoms with Crippen LogP contribution in [0.2, 0.25) is 0 Å². The Morgan fingerprint density at radius 3 is 2.24 bits per heavy atom. The van der Waals surface area contributed by atoms with E-state index in [-0.39, 0.29) is 13.2 Å². The van der Waals surface area contributed by atoms with Gasteiger partial charge in [-0.1, -0.05) is 18.2 Å². The zero-order valence-corrected chi connectivity index (χ0v) is 20.3. The van der Waals surface area contributed by atoms with Gasteiger partial charge in [0, 0.05) is 6.07 Å². The van der Waals surface area contributed by atoms with Crippen molar-refractivity contribution in [2.75, 3.05) is 13.2 Å². The van der Waals surface area contributed by atoms with Crippen LogP contribution in [-0.4, -0.2) is 47.8 Å². The first kappa shape index (κ1) is 25.0. The second kappa shape index (κ2) is 10.1. The van der Waals surface area contributed by atoms with Gasteiger partial charge in [0.05, 0.1) is 0 Å². The topological polar surface area (TPSA) is 92.8 Å². The molecule has 1 aliphatic rings. The summed E-state index contributed by atoms with van der Waals surface area (Å²) in [6, 6.07) is 14.5. The third-order valence-electron chi connectivity index (χ3n) is 4.15. The van der Waals surface area contributed by atoms with Crippen molar-refractivity contribution < 1.29 is 38.1 Å². The molecule has 0 bridgehead atoms. The molecule has 34 heavy (non-hydrogen) atoms. The number of nitrogens with zero attached hydrogens (tertiary/aromatic N) is 1. The van der Waals surface area contributed by atoms with Gasteiger partial charge in [-0.25, -0.2) is 9.59 Å². The van der Waals surface area contributed by atoms with E-state index in [9.17, 15) is 9.59 Å². The summed E-state index contributed by atoms with van der Waals surface area (Å²) >= 11 is 0. The van der Waals surface area contributed by atoms with E-state index < -0.39 is 29.6 Å². The molecule has 2 aromatic carbocycles. The van der Waals surface area contributed by atoms with Crippen LogP contribution in [0.4, 0.5) is 9.59 Å². The van der Waals surface area contributed by atoms with Crippen LogP contribution in [0.15, 0.2) is 48.5 Å². The standard InChI is InChI=1S/C25H31NO8/c1-24(2,3)32-22(27)26(34-23(28)33-25(4,5)6)15-19-16-29-20-13-12-18(14-21(20)31-19)30-17-10-8-7-9-11-17/h7-14,19H,15-16H2,1-6H3. The molecule has 0 saturated heterocycles. The fourth-order valence-electron chi connectivity index (χ4n) is 2.88. The lowest BCUT2D eigenvalue weighted by Crippen LogP contribution is -2.46. The number of ether oxygens (including phenoxy) is 5. The van der Waals surface area contributed by atoms with E-state index in [2.05, 4.69) is 0 Å². The summed E-state index contributed by atoms with van der Waals surface area (Å²) in [4.78, 5) is 30.1. The summed E-state index contributed by atoms with van der Waals surface area (Å²) in [5, 5.41) is 0.780. The van der Waals surface area contributed by atoms with E-state index in [0.29, 0.717) is 23.0 Å². The first-order chi connectivity index (χ1) is 15.9.